The van der Waals surface area contributed by atoms with E-state index in [4.69, 9.17) is 0 Å². The lowest BCUT2D eigenvalue weighted by molar-refractivity contribution is -0.169. The maximum Gasteiger partial charge on any atom is 0.471 e. The summed E-state index contributed by atoms with van der Waals surface area (Å²) in [6.07, 6.45) is -4.13. The van der Waals surface area contributed by atoms with Gasteiger partial charge in [0, 0.05) is 0 Å². The molecule has 1 amide bonds. The third kappa shape index (κ3) is 3.44. The molecule has 10 heavy (non-hydrogen) atoms. The van der Waals surface area contributed by atoms with Gasteiger partial charge in [-0.2, -0.15) is 23.8 Å². The van der Waals surface area contributed by atoms with Crippen molar-refractivity contribution in [1.29, 1.82) is 0 Å². The van der Waals surface area contributed by atoms with Gasteiger partial charge in [-0.1, -0.05) is 0 Å². The third-order valence-electron chi connectivity index (χ3n) is 0.454. The second-order valence-electron chi connectivity index (χ2n) is 1.32. The lowest BCUT2D eigenvalue weighted by atomic mass is 10.6. The summed E-state index contributed by atoms with van der Waals surface area (Å²) in [4.78, 5) is 9.79. The Morgan fingerprint density at radius 3 is 2.00 bits per heavy atom. The molecule has 0 aromatic carbocycles. The van der Waals surface area contributed by atoms with E-state index in [0.717, 1.165) is 6.26 Å². The van der Waals surface area contributed by atoms with Gasteiger partial charge < -0.3 is 8.57 Å². The highest BCUT2D eigenvalue weighted by molar-refractivity contribution is 7.74. The fourth-order valence-electron chi connectivity index (χ4n) is 0.169. The highest BCUT2D eigenvalue weighted by atomic mass is 32.2. The third-order valence-corrected chi connectivity index (χ3v) is 0.877. The Hall–Kier alpha value is -0.590. The quantitative estimate of drug-likeness (QED) is 0.511. The number of hydrogen-bond donors (Lipinski definition) is 0. The molecule has 60 valence electrons. The number of carbonyl (C=O) groups excluding carboxylic acids is 1. The minimum atomic E-state index is -5.01. The molecule has 0 aliphatic heterocycles. The first-order valence-electron chi connectivity index (χ1n) is 2.00. The maximum absolute atomic E-state index is 11.2. The molecule has 0 fully saturated rings. The topological polar surface area (TPSA) is 46.5 Å². The molecule has 0 atom stereocenters. The molecule has 0 saturated heterocycles. The standard InChI is InChI=1S/C3H3F3NO2S/c1-10(9)7-2(8)3(4,5)6/h1H3/q-1. The Morgan fingerprint density at radius 1 is 1.50 bits per heavy atom. The summed E-state index contributed by atoms with van der Waals surface area (Å²) < 4.78 is 45.9. The first kappa shape index (κ1) is 9.41. The van der Waals surface area contributed by atoms with Crippen LogP contribution in [-0.2, 0) is 19.6 Å². The molecular weight excluding hydrogens is 171 g/mol. The summed E-state index contributed by atoms with van der Waals surface area (Å²) in [5, 5.41) is 0. The number of amides is 1. The lowest BCUT2D eigenvalue weighted by Gasteiger charge is -2.00. The van der Waals surface area contributed by atoms with E-state index in [1.807, 2.05) is 0 Å². The van der Waals surface area contributed by atoms with Crippen molar-refractivity contribution in [1.82, 2.24) is 0 Å². The van der Waals surface area contributed by atoms with Gasteiger partial charge in [-0.05, 0) is 0 Å². The van der Waals surface area contributed by atoms with E-state index in [9.17, 15) is 22.2 Å². The molecule has 3 nitrogen and oxygen atoms in total. The molecule has 0 N–H and O–H groups in total. The molecular formula is C3H3F3NO2S-. The van der Waals surface area contributed by atoms with Gasteiger partial charge in [0.05, 0.1) is 0 Å². The predicted octanol–water partition coefficient (Wildman–Crippen LogP) is 0.852. The van der Waals surface area contributed by atoms with Gasteiger partial charge in [-0.15, -0.1) is 6.26 Å². The van der Waals surface area contributed by atoms with Crippen molar-refractivity contribution in [2.24, 2.45) is 4.36 Å². The fourth-order valence-corrected chi connectivity index (χ4v) is 0.506. The van der Waals surface area contributed by atoms with Crippen LogP contribution >= 0.6 is 0 Å². The van der Waals surface area contributed by atoms with E-state index < -0.39 is 22.7 Å². The minimum Gasteiger partial charge on any atom is -0.444 e. The number of rotatable bonds is 0. The molecule has 0 unspecified atom stereocenters. The summed E-state index contributed by atoms with van der Waals surface area (Å²) in [5.74, 6) is -2.31. The lowest BCUT2D eigenvalue weighted by Crippen LogP contribution is -2.20. The molecule has 0 rings (SSSR count). The Balaban J connectivity index is 4.42. The molecule has 0 aliphatic rings. The first-order chi connectivity index (χ1) is 4.34. The summed E-state index contributed by atoms with van der Waals surface area (Å²) in [6, 6.07) is 0. The molecule has 0 saturated carbocycles. The van der Waals surface area contributed by atoms with E-state index in [2.05, 4.69) is 4.36 Å². The molecule has 0 aromatic heterocycles. The fraction of sp³-hybridized carbons (Fsp3) is 0.667. The second-order valence-corrected chi connectivity index (χ2v) is 2.35. The van der Waals surface area contributed by atoms with Gasteiger partial charge >= 0.3 is 12.1 Å². The largest absolute Gasteiger partial charge is 0.471 e. The minimum absolute atomic E-state index is 0.879. The molecule has 0 spiro atoms. The molecule has 0 radical (unpaired) electrons. The van der Waals surface area contributed by atoms with E-state index in [0.29, 0.717) is 0 Å². The van der Waals surface area contributed by atoms with E-state index in [1.54, 1.807) is 0 Å². The first-order valence-corrected chi connectivity index (χ1v) is 3.52. The van der Waals surface area contributed by atoms with Gasteiger partial charge in [-0.25, -0.2) is 0 Å². The summed E-state index contributed by atoms with van der Waals surface area (Å²) in [5.41, 5.74) is 0. The zero-order chi connectivity index (χ0) is 8.36. The van der Waals surface area contributed by atoms with E-state index in [1.165, 1.54) is 0 Å². The van der Waals surface area contributed by atoms with E-state index >= 15 is 0 Å². The van der Waals surface area contributed by atoms with Crippen molar-refractivity contribution in [2.75, 3.05) is 6.26 Å². The number of carbonyl (C=O) groups is 1. The van der Waals surface area contributed by atoms with Crippen LogP contribution in [0, 0.1) is 0 Å². The van der Waals surface area contributed by atoms with Crippen LogP contribution in [0.25, 0.3) is 0 Å². The smallest absolute Gasteiger partial charge is 0.444 e. The van der Waals surface area contributed by atoms with Crippen molar-refractivity contribution in [2.45, 2.75) is 6.18 Å². The SMILES string of the molecule is C[S-](=O)=NC(=O)C(F)(F)F. The van der Waals surface area contributed by atoms with Crippen LogP contribution in [0.1, 0.15) is 0 Å². The Bertz CT molecular complexity index is 214. The second kappa shape index (κ2) is 3.00. The van der Waals surface area contributed by atoms with Crippen molar-refractivity contribution >= 4 is 16.5 Å². The summed E-state index contributed by atoms with van der Waals surface area (Å²) >= 11 is 0. The number of halogens is 3. The highest BCUT2D eigenvalue weighted by Gasteiger charge is 2.36. The van der Waals surface area contributed by atoms with Crippen LogP contribution < -0.4 is 0 Å². The predicted molar refractivity (Wildman–Crippen MR) is 27.5 cm³/mol. The van der Waals surface area contributed by atoms with Crippen LogP contribution in [0.4, 0.5) is 13.2 Å². The number of hydrogen-bond acceptors (Lipinski definition) is 3. The summed E-state index contributed by atoms with van der Waals surface area (Å²) in [6.45, 7) is 0. The highest BCUT2D eigenvalue weighted by Crippen LogP contribution is 2.16. The molecule has 0 heterocycles. The zero-order valence-corrected chi connectivity index (χ0v) is 5.62. The van der Waals surface area contributed by atoms with E-state index in [-0.39, 0.29) is 0 Å². The van der Waals surface area contributed by atoms with Crippen molar-refractivity contribution < 1.29 is 22.2 Å². The monoisotopic (exact) mass is 174 g/mol. The molecule has 0 aromatic rings. The van der Waals surface area contributed by atoms with Gasteiger partial charge in [0.25, 0.3) is 0 Å². The normalized spacial score (nSPS) is 15.2. The molecule has 0 aliphatic carbocycles. The Kier molecular flexibility index (Phi) is 2.82. The average molecular weight is 174 g/mol. The van der Waals surface area contributed by atoms with Gasteiger partial charge in [0.2, 0.25) is 0 Å². The van der Waals surface area contributed by atoms with Crippen LogP contribution in [0.5, 0.6) is 0 Å². The Morgan fingerprint density at radius 2 is 1.90 bits per heavy atom. The number of nitrogens with zero attached hydrogens (tertiary/aromatic N) is 1. The van der Waals surface area contributed by atoms with Crippen LogP contribution in [0.3, 0.4) is 0 Å². The number of alkyl halides is 3. The van der Waals surface area contributed by atoms with Crippen molar-refractivity contribution in [3.63, 3.8) is 0 Å². The van der Waals surface area contributed by atoms with Crippen molar-refractivity contribution in [3.8, 4) is 0 Å². The maximum atomic E-state index is 11.2. The molecule has 7 heteroatoms. The van der Waals surface area contributed by atoms with Crippen LogP contribution in [0.15, 0.2) is 4.36 Å². The zero-order valence-electron chi connectivity index (χ0n) is 4.81. The van der Waals surface area contributed by atoms with Gasteiger partial charge in [0.1, 0.15) is 0 Å². The Labute approximate surface area is 56.4 Å². The van der Waals surface area contributed by atoms with Crippen LogP contribution in [0.2, 0.25) is 0 Å². The van der Waals surface area contributed by atoms with Gasteiger partial charge in [-0.3, -0.25) is 4.79 Å². The average Bonchev–Trinajstić information content (AvgIpc) is 1.60. The van der Waals surface area contributed by atoms with Gasteiger partial charge in [0.15, 0.2) is 0 Å². The summed E-state index contributed by atoms with van der Waals surface area (Å²) in [7, 11) is -2.09. The van der Waals surface area contributed by atoms with Crippen LogP contribution in [-0.4, -0.2) is 18.3 Å². The molecule has 0 bridgehead atoms. The van der Waals surface area contributed by atoms with Crippen molar-refractivity contribution in [3.05, 3.63) is 0 Å².